The summed E-state index contributed by atoms with van der Waals surface area (Å²) in [6.07, 6.45) is 0. The topological polar surface area (TPSA) is 66.5 Å². The summed E-state index contributed by atoms with van der Waals surface area (Å²) in [4.78, 5) is 0. The molecule has 4 N–H and O–H groups in total. The highest BCUT2D eigenvalue weighted by molar-refractivity contribution is 9.10. The molecule has 0 amide bonds. The minimum Gasteiger partial charge on any atom is -0.506 e. The van der Waals surface area contributed by atoms with Crippen LogP contribution in [0.25, 0.3) is 0 Å². The van der Waals surface area contributed by atoms with Crippen molar-refractivity contribution in [3.8, 4) is 5.75 Å². The molecule has 1 aromatic rings. The fraction of sp³-hybridized carbons (Fsp3) is 0.250. The Morgan fingerprint density at radius 2 is 2.21 bits per heavy atom. The third kappa shape index (κ3) is 2.00. The summed E-state index contributed by atoms with van der Waals surface area (Å²) in [5.74, 6) is -1.09. The Morgan fingerprint density at radius 3 is 2.71 bits per heavy atom. The van der Waals surface area contributed by atoms with Gasteiger partial charge in [-0.1, -0.05) is 11.6 Å². The first-order chi connectivity index (χ1) is 6.49. The van der Waals surface area contributed by atoms with E-state index >= 15 is 0 Å². The molecule has 0 aromatic heterocycles. The normalized spacial score (nSPS) is 12.9. The molecule has 6 heteroatoms. The van der Waals surface area contributed by atoms with Gasteiger partial charge < -0.3 is 15.9 Å². The zero-order valence-corrected chi connectivity index (χ0v) is 9.31. The van der Waals surface area contributed by atoms with Crippen molar-refractivity contribution in [2.45, 2.75) is 6.04 Å². The number of aliphatic hydroxyl groups is 1. The standard InChI is InChI=1S/C8H8BrClFNO2/c9-6-7(11)4(10)1-3(8(6)14)5(12)2-13/h1,5,13-14H,2,12H2/t5-/m0/s1. The molecule has 14 heavy (non-hydrogen) atoms. The van der Waals surface area contributed by atoms with Crippen LogP contribution in [-0.2, 0) is 0 Å². The third-order valence-electron chi connectivity index (χ3n) is 1.76. The Hall–Kier alpha value is -0.360. The minimum atomic E-state index is -0.788. The number of rotatable bonds is 2. The van der Waals surface area contributed by atoms with E-state index in [4.69, 9.17) is 22.4 Å². The number of halogens is 3. The molecular formula is C8H8BrClFNO2. The van der Waals surface area contributed by atoms with E-state index in [2.05, 4.69) is 15.9 Å². The lowest BCUT2D eigenvalue weighted by atomic mass is 10.1. The maximum Gasteiger partial charge on any atom is 0.159 e. The smallest absolute Gasteiger partial charge is 0.159 e. The number of hydrogen-bond donors (Lipinski definition) is 3. The fourth-order valence-electron chi connectivity index (χ4n) is 0.985. The molecule has 0 radical (unpaired) electrons. The van der Waals surface area contributed by atoms with E-state index in [1.807, 2.05) is 0 Å². The summed E-state index contributed by atoms with van der Waals surface area (Å²) in [5.41, 5.74) is 5.67. The van der Waals surface area contributed by atoms with Crippen LogP contribution in [-0.4, -0.2) is 16.8 Å². The molecule has 0 heterocycles. The van der Waals surface area contributed by atoms with Gasteiger partial charge in [0.15, 0.2) is 5.82 Å². The molecule has 78 valence electrons. The zero-order chi connectivity index (χ0) is 10.9. The molecule has 0 unspecified atom stereocenters. The molecule has 3 nitrogen and oxygen atoms in total. The van der Waals surface area contributed by atoms with Gasteiger partial charge in [0.05, 0.1) is 22.1 Å². The Kier molecular flexibility index (Phi) is 3.71. The van der Waals surface area contributed by atoms with Gasteiger partial charge in [-0.15, -0.1) is 0 Å². The molecule has 0 saturated heterocycles. The largest absolute Gasteiger partial charge is 0.506 e. The van der Waals surface area contributed by atoms with Gasteiger partial charge in [0.25, 0.3) is 0 Å². The highest BCUT2D eigenvalue weighted by atomic mass is 79.9. The van der Waals surface area contributed by atoms with Gasteiger partial charge in [-0.3, -0.25) is 0 Å². The molecule has 0 spiro atoms. The van der Waals surface area contributed by atoms with Crippen molar-refractivity contribution in [1.82, 2.24) is 0 Å². The van der Waals surface area contributed by atoms with Crippen molar-refractivity contribution in [1.29, 1.82) is 0 Å². The van der Waals surface area contributed by atoms with Gasteiger partial charge in [0.1, 0.15) is 5.75 Å². The fourth-order valence-corrected chi connectivity index (χ4v) is 1.75. The number of aliphatic hydroxyl groups excluding tert-OH is 1. The van der Waals surface area contributed by atoms with E-state index in [9.17, 15) is 9.50 Å². The summed E-state index contributed by atoms with van der Waals surface area (Å²) in [6, 6.07) is 0.405. The van der Waals surface area contributed by atoms with Gasteiger partial charge in [-0.05, 0) is 22.0 Å². The second kappa shape index (κ2) is 4.44. The monoisotopic (exact) mass is 283 g/mol. The summed E-state index contributed by atoms with van der Waals surface area (Å²) in [5, 5.41) is 18.1. The van der Waals surface area contributed by atoms with Crippen LogP contribution in [0.1, 0.15) is 11.6 Å². The Labute approximate surface area is 93.4 Å². The Bertz CT molecular complexity index is 362. The predicted molar refractivity (Wildman–Crippen MR) is 54.8 cm³/mol. The van der Waals surface area contributed by atoms with Crippen molar-refractivity contribution in [2.24, 2.45) is 5.73 Å². The van der Waals surface area contributed by atoms with E-state index in [-0.39, 0.29) is 27.4 Å². The molecule has 0 aliphatic carbocycles. The van der Waals surface area contributed by atoms with Crippen molar-refractivity contribution in [3.63, 3.8) is 0 Å². The van der Waals surface area contributed by atoms with Crippen molar-refractivity contribution in [2.75, 3.05) is 6.61 Å². The van der Waals surface area contributed by atoms with Gasteiger partial charge >= 0.3 is 0 Å². The first kappa shape index (κ1) is 11.7. The number of nitrogens with two attached hydrogens (primary N) is 1. The zero-order valence-electron chi connectivity index (χ0n) is 6.97. The third-order valence-corrected chi connectivity index (χ3v) is 2.76. The second-order valence-corrected chi connectivity index (χ2v) is 3.91. The van der Waals surface area contributed by atoms with Crippen LogP contribution in [0.2, 0.25) is 5.02 Å². The number of aromatic hydroxyl groups is 1. The Morgan fingerprint density at radius 1 is 1.64 bits per heavy atom. The van der Waals surface area contributed by atoms with E-state index in [1.165, 1.54) is 6.07 Å². The number of phenolic OH excluding ortho intramolecular Hbond substituents is 1. The maximum absolute atomic E-state index is 13.1. The lowest BCUT2D eigenvalue weighted by molar-refractivity contribution is 0.265. The molecule has 0 aliphatic heterocycles. The van der Waals surface area contributed by atoms with Gasteiger partial charge in [-0.25, -0.2) is 4.39 Å². The van der Waals surface area contributed by atoms with E-state index in [0.29, 0.717) is 0 Å². The molecule has 1 aromatic carbocycles. The van der Waals surface area contributed by atoms with Crippen LogP contribution in [0.3, 0.4) is 0 Å². The quantitative estimate of drug-likeness (QED) is 0.727. The number of phenols is 1. The molecule has 0 saturated carbocycles. The second-order valence-electron chi connectivity index (χ2n) is 2.71. The summed E-state index contributed by atoms with van der Waals surface area (Å²) >= 11 is 8.37. The van der Waals surface area contributed by atoms with E-state index < -0.39 is 11.9 Å². The van der Waals surface area contributed by atoms with Crippen LogP contribution >= 0.6 is 27.5 Å². The van der Waals surface area contributed by atoms with Gasteiger partial charge in [0, 0.05) is 5.56 Å². The molecule has 0 fully saturated rings. The minimum absolute atomic E-state index is 0.149. The van der Waals surface area contributed by atoms with E-state index in [0.717, 1.165) is 0 Å². The molecule has 0 bridgehead atoms. The number of benzene rings is 1. The van der Waals surface area contributed by atoms with Crippen molar-refractivity contribution >= 4 is 27.5 Å². The number of hydrogen-bond acceptors (Lipinski definition) is 3. The Balaban J connectivity index is 3.33. The SMILES string of the molecule is N[C@@H](CO)c1cc(Cl)c(F)c(Br)c1O. The summed E-state index contributed by atoms with van der Waals surface area (Å²) in [7, 11) is 0. The first-order valence-corrected chi connectivity index (χ1v) is 4.89. The van der Waals surface area contributed by atoms with Crippen molar-refractivity contribution in [3.05, 3.63) is 26.9 Å². The molecule has 1 rings (SSSR count). The van der Waals surface area contributed by atoms with Crippen LogP contribution in [0, 0.1) is 5.82 Å². The lowest BCUT2D eigenvalue weighted by Gasteiger charge is -2.13. The predicted octanol–water partition coefficient (Wildman–Crippen LogP) is 1.94. The summed E-state index contributed by atoms with van der Waals surface area (Å²) < 4.78 is 12.9. The lowest BCUT2D eigenvalue weighted by Crippen LogP contribution is -2.15. The van der Waals surface area contributed by atoms with Gasteiger partial charge in [-0.2, -0.15) is 0 Å². The van der Waals surface area contributed by atoms with Crippen LogP contribution in [0.5, 0.6) is 5.75 Å². The first-order valence-electron chi connectivity index (χ1n) is 3.71. The van der Waals surface area contributed by atoms with Crippen LogP contribution in [0.15, 0.2) is 10.5 Å². The molecule has 1 atom stereocenters. The molecule has 0 aliphatic rings. The van der Waals surface area contributed by atoms with Crippen molar-refractivity contribution < 1.29 is 14.6 Å². The summed E-state index contributed by atoms with van der Waals surface area (Å²) in [6.45, 7) is -0.359. The van der Waals surface area contributed by atoms with Crippen LogP contribution < -0.4 is 5.73 Å². The highest BCUT2D eigenvalue weighted by Crippen LogP contribution is 2.37. The average Bonchev–Trinajstić information content (AvgIpc) is 2.19. The molecular weight excluding hydrogens is 276 g/mol. The average molecular weight is 285 g/mol. The van der Waals surface area contributed by atoms with Crippen LogP contribution in [0.4, 0.5) is 4.39 Å². The highest BCUT2D eigenvalue weighted by Gasteiger charge is 2.18. The van der Waals surface area contributed by atoms with Gasteiger partial charge in [0.2, 0.25) is 0 Å². The maximum atomic E-state index is 13.1. The van der Waals surface area contributed by atoms with E-state index in [1.54, 1.807) is 0 Å².